The van der Waals surface area contributed by atoms with E-state index in [1.807, 2.05) is 10.9 Å². The highest BCUT2D eigenvalue weighted by atomic mass is 16.3. The van der Waals surface area contributed by atoms with Crippen molar-refractivity contribution in [3.8, 4) is 0 Å². The molecule has 5 heteroatoms. The molecule has 0 aromatic carbocycles. The van der Waals surface area contributed by atoms with E-state index >= 15 is 0 Å². The molecule has 0 aliphatic heterocycles. The number of aromatic nitrogens is 2. The van der Waals surface area contributed by atoms with Crippen molar-refractivity contribution in [1.29, 1.82) is 0 Å². The van der Waals surface area contributed by atoms with Crippen molar-refractivity contribution in [2.75, 3.05) is 5.73 Å². The molecule has 0 spiro atoms. The van der Waals surface area contributed by atoms with E-state index in [1.165, 1.54) is 57.8 Å². The molecule has 1 aromatic rings. The van der Waals surface area contributed by atoms with Crippen LogP contribution >= 0.6 is 0 Å². The SMILES string of the molecule is [C-]#[N+]c1cn(CC2([C@H]3CC[C@H]4[C@@H]5CC[C@@H]6C[C@](C)(O)CC[C@@H]6[C@H]5CC[C@]34C)CC2)nc1N. The molecule has 0 amide bonds. The Kier molecular flexibility index (Phi) is 4.59. The minimum absolute atomic E-state index is 0.370. The molecule has 5 fully saturated rings. The van der Waals surface area contributed by atoms with Gasteiger partial charge in [-0.05, 0) is 124 Å². The molecule has 1 heterocycles. The first-order valence-corrected chi connectivity index (χ1v) is 13.2. The van der Waals surface area contributed by atoms with Gasteiger partial charge < -0.3 is 10.8 Å². The van der Waals surface area contributed by atoms with Crippen molar-refractivity contribution in [1.82, 2.24) is 9.78 Å². The molecular weight excluding hydrogens is 396 g/mol. The van der Waals surface area contributed by atoms with Gasteiger partial charge >= 0.3 is 0 Å². The normalized spacial score (nSPS) is 46.6. The minimum atomic E-state index is -0.420. The Balaban J connectivity index is 1.21. The lowest BCUT2D eigenvalue weighted by Crippen LogP contribution is -2.51. The number of hydrogen-bond donors (Lipinski definition) is 2. The van der Waals surface area contributed by atoms with Gasteiger partial charge in [-0.2, -0.15) is 5.10 Å². The Morgan fingerprint density at radius 2 is 1.84 bits per heavy atom. The molecule has 5 aliphatic carbocycles. The Morgan fingerprint density at radius 1 is 1.06 bits per heavy atom. The zero-order chi connectivity index (χ0) is 22.3. The number of rotatable bonds is 3. The van der Waals surface area contributed by atoms with Crippen molar-refractivity contribution >= 4 is 11.5 Å². The van der Waals surface area contributed by atoms with Gasteiger partial charge in [0, 0.05) is 12.7 Å². The third kappa shape index (κ3) is 3.08. The van der Waals surface area contributed by atoms with E-state index in [0.29, 0.717) is 22.3 Å². The van der Waals surface area contributed by atoms with Gasteiger partial charge in [-0.25, -0.2) is 4.85 Å². The summed E-state index contributed by atoms with van der Waals surface area (Å²) in [4.78, 5) is 3.53. The maximum atomic E-state index is 10.7. The van der Waals surface area contributed by atoms with Gasteiger partial charge in [-0.3, -0.25) is 4.68 Å². The largest absolute Gasteiger partial charge is 0.391 e. The summed E-state index contributed by atoms with van der Waals surface area (Å²) in [6.45, 7) is 13.0. The first kappa shape index (κ1) is 21.0. The summed E-state index contributed by atoms with van der Waals surface area (Å²) in [6.07, 6.45) is 16.1. The summed E-state index contributed by atoms with van der Waals surface area (Å²) in [5.74, 6) is 5.50. The fourth-order valence-electron chi connectivity index (χ4n) is 9.78. The molecule has 1 aromatic heterocycles. The van der Waals surface area contributed by atoms with Gasteiger partial charge in [0.15, 0.2) is 5.82 Å². The molecule has 0 bridgehead atoms. The number of nitrogens with two attached hydrogens (primary N) is 1. The van der Waals surface area contributed by atoms with E-state index < -0.39 is 5.60 Å². The Hall–Kier alpha value is -1.54. The monoisotopic (exact) mass is 436 g/mol. The van der Waals surface area contributed by atoms with Gasteiger partial charge in [-0.15, -0.1) is 0 Å². The third-order valence-electron chi connectivity index (χ3n) is 11.2. The van der Waals surface area contributed by atoms with E-state index in [4.69, 9.17) is 12.3 Å². The third-order valence-corrected chi connectivity index (χ3v) is 11.2. The van der Waals surface area contributed by atoms with Crippen LogP contribution in [0, 0.1) is 52.9 Å². The highest BCUT2D eigenvalue weighted by molar-refractivity contribution is 5.61. The van der Waals surface area contributed by atoms with Crippen LogP contribution in [0.25, 0.3) is 4.85 Å². The van der Waals surface area contributed by atoms with Crippen LogP contribution in [0.15, 0.2) is 6.20 Å². The highest BCUT2D eigenvalue weighted by Crippen LogP contribution is 2.71. The molecule has 5 nitrogen and oxygen atoms in total. The van der Waals surface area contributed by atoms with Crippen LogP contribution in [0.4, 0.5) is 11.5 Å². The van der Waals surface area contributed by atoms with Crippen LogP contribution in [0.5, 0.6) is 0 Å². The average molecular weight is 437 g/mol. The second-order valence-corrected chi connectivity index (χ2v) is 12.9. The van der Waals surface area contributed by atoms with Gasteiger partial charge in [-0.1, -0.05) is 6.92 Å². The lowest BCUT2D eigenvalue weighted by Gasteiger charge is -2.57. The van der Waals surface area contributed by atoms with E-state index in [1.54, 1.807) is 0 Å². The first-order valence-electron chi connectivity index (χ1n) is 13.2. The Labute approximate surface area is 193 Å². The molecule has 0 unspecified atom stereocenters. The molecule has 6 rings (SSSR count). The zero-order valence-corrected chi connectivity index (χ0v) is 19.9. The summed E-state index contributed by atoms with van der Waals surface area (Å²) in [5.41, 5.74) is 6.87. The summed E-state index contributed by atoms with van der Waals surface area (Å²) in [7, 11) is 0. The minimum Gasteiger partial charge on any atom is -0.391 e. The van der Waals surface area contributed by atoms with Crippen LogP contribution < -0.4 is 5.73 Å². The summed E-state index contributed by atoms with van der Waals surface area (Å²) in [5, 5.41) is 15.1. The fourth-order valence-corrected chi connectivity index (χ4v) is 9.78. The second kappa shape index (κ2) is 6.98. The number of nitrogen functional groups attached to an aromatic ring is 1. The van der Waals surface area contributed by atoms with Crippen molar-refractivity contribution < 1.29 is 5.11 Å². The van der Waals surface area contributed by atoms with Crippen LogP contribution in [-0.2, 0) is 6.54 Å². The zero-order valence-electron chi connectivity index (χ0n) is 19.9. The van der Waals surface area contributed by atoms with Crippen LogP contribution in [-0.4, -0.2) is 20.5 Å². The van der Waals surface area contributed by atoms with Gasteiger partial charge in [0.2, 0.25) is 5.69 Å². The molecule has 32 heavy (non-hydrogen) atoms. The molecule has 8 atom stereocenters. The van der Waals surface area contributed by atoms with Crippen molar-refractivity contribution in [3.63, 3.8) is 0 Å². The fraction of sp³-hybridized carbons (Fsp3) is 0.852. The van der Waals surface area contributed by atoms with Crippen molar-refractivity contribution in [2.24, 2.45) is 46.3 Å². The van der Waals surface area contributed by atoms with Crippen molar-refractivity contribution in [3.05, 3.63) is 17.6 Å². The van der Waals surface area contributed by atoms with Gasteiger partial charge in [0.05, 0.1) is 12.2 Å². The number of nitrogens with zero attached hydrogens (tertiary/aromatic N) is 3. The highest BCUT2D eigenvalue weighted by Gasteiger charge is 2.64. The molecular formula is C27H40N4O. The first-order chi connectivity index (χ1) is 15.2. The summed E-state index contributed by atoms with van der Waals surface area (Å²) >= 11 is 0. The van der Waals surface area contributed by atoms with E-state index in [-0.39, 0.29) is 0 Å². The lowest BCUT2D eigenvalue weighted by atomic mass is 9.48. The Morgan fingerprint density at radius 3 is 2.56 bits per heavy atom. The van der Waals surface area contributed by atoms with E-state index in [9.17, 15) is 5.11 Å². The smallest absolute Gasteiger partial charge is 0.247 e. The summed E-state index contributed by atoms with van der Waals surface area (Å²) < 4.78 is 1.98. The molecule has 0 radical (unpaired) electrons. The van der Waals surface area contributed by atoms with Gasteiger partial charge in [0.1, 0.15) is 0 Å². The molecule has 3 N–H and O–H groups in total. The summed E-state index contributed by atoms with van der Waals surface area (Å²) in [6, 6.07) is 0. The van der Waals surface area contributed by atoms with E-state index in [0.717, 1.165) is 54.9 Å². The standard InChI is InChI=1S/C27H40N4O/c1-25(32)10-8-18-17(14-25)4-5-20-19(18)9-11-26(2)21(20)6-7-23(26)27(12-13-27)16-31-15-22(29-3)24(28)30-31/h15,17-21,23,32H,4-14,16H2,1-2H3,(H2,28,30)/t17-,18+,19-,20-,21+,23+,25-,26+/m1/s1. The number of aliphatic hydroxyl groups is 1. The van der Waals surface area contributed by atoms with Crippen LogP contribution in [0.2, 0.25) is 0 Å². The molecule has 5 saturated carbocycles. The predicted octanol–water partition coefficient (Wildman–Crippen LogP) is 5.82. The molecule has 0 saturated heterocycles. The van der Waals surface area contributed by atoms with Gasteiger partial charge in [0.25, 0.3) is 0 Å². The lowest BCUT2D eigenvalue weighted by molar-refractivity contribution is -0.105. The van der Waals surface area contributed by atoms with Crippen LogP contribution in [0.3, 0.4) is 0 Å². The maximum Gasteiger partial charge on any atom is 0.247 e. The maximum absolute atomic E-state index is 10.7. The Bertz CT molecular complexity index is 940. The molecule has 5 aliphatic rings. The topological polar surface area (TPSA) is 68.4 Å². The van der Waals surface area contributed by atoms with E-state index in [2.05, 4.69) is 23.8 Å². The predicted molar refractivity (Wildman–Crippen MR) is 126 cm³/mol. The number of anilines is 1. The second-order valence-electron chi connectivity index (χ2n) is 12.9. The number of fused-ring (bicyclic) bond motifs is 5. The molecule has 174 valence electrons. The van der Waals surface area contributed by atoms with Crippen LogP contribution in [0.1, 0.15) is 84.5 Å². The number of hydrogen-bond acceptors (Lipinski definition) is 3. The average Bonchev–Trinajstić information content (AvgIpc) is 3.28. The van der Waals surface area contributed by atoms with Crippen molar-refractivity contribution in [2.45, 2.75) is 96.6 Å². The quantitative estimate of drug-likeness (QED) is 0.587.